The van der Waals surface area contributed by atoms with Crippen LogP contribution < -0.4 is 10.5 Å². The number of methoxy groups -OCH3 is 1. The van der Waals surface area contributed by atoms with Crippen LogP contribution in [-0.4, -0.2) is 36.5 Å². The number of hydrogen-bond donors (Lipinski definition) is 1. The average molecular weight is 320 g/mol. The largest absolute Gasteiger partial charge is 0.496 e. The van der Waals surface area contributed by atoms with Crippen molar-refractivity contribution in [1.29, 1.82) is 0 Å². The molecular formula is C16H18ClN3O2. The molecule has 0 radical (unpaired) electrons. The molecule has 5 nitrogen and oxygen atoms in total. The minimum atomic E-state index is -0.159. The lowest BCUT2D eigenvalue weighted by Crippen LogP contribution is -2.29. The van der Waals surface area contributed by atoms with Crippen LogP contribution in [0, 0.1) is 0 Å². The molecule has 0 saturated carbocycles. The van der Waals surface area contributed by atoms with E-state index in [2.05, 4.69) is 4.98 Å². The van der Waals surface area contributed by atoms with Crippen LogP contribution in [-0.2, 0) is 6.42 Å². The lowest BCUT2D eigenvalue weighted by Gasteiger charge is -2.19. The van der Waals surface area contributed by atoms with Gasteiger partial charge in [0.2, 0.25) is 0 Å². The van der Waals surface area contributed by atoms with E-state index in [0.717, 1.165) is 12.0 Å². The van der Waals surface area contributed by atoms with Crippen molar-refractivity contribution in [2.45, 2.75) is 6.42 Å². The molecule has 0 saturated heterocycles. The highest BCUT2D eigenvalue weighted by Crippen LogP contribution is 2.29. The van der Waals surface area contributed by atoms with Crippen molar-refractivity contribution in [3.63, 3.8) is 0 Å². The maximum atomic E-state index is 12.5. The zero-order valence-corrected chi connectivity index (χ0v) is 13.3. The molecule has 0 bridgehead atoms. The number of ether oxygens (including phenoxy) is 1. The number of nitrogens with two attached hydrogens (primary N) is 1. The quantitative estimate of drug-likeness (QED) is 0.860. The van der Waals surface area contributed by atoms with Gasteiger partial charge in [0.1, 0.15) is 5.75 Å². The summed E-state index contributed by atoms with van der Waals surface area (Å²) in [6, 6.07) is 6.96. The molecule has 0 aliphatic heterocycles. The second-order valence-corrected chi connectivity index (χ2v) is 5.31. The number of aromatic nitrogens is 1. The Balaban J connectivity index is 2.12. The average Bonchev–Trinajstić information content (AvgIpc) is 2.55. The minimum absolute atomic E-state index is 0.159. The normalized spacial score (nSPS) is 10.3. The highest BCUT2D eigenvalue weighted by atomic mass is 35.5. The number of rotatable bonds is 5. The maximum absolute atomic E-state index is 12.5. The minimum Gasteiger partial charge on any atom is -0.496 e. The lowest BCUT2D eigenvalue weighted by atomic mass is 10.1. The fourth-order valence-corrected chi connectivity index (χ4v) is 2.22. The molecule has 0 fully saturated rings. The predicted octanol–water partition coefficient (Wildman–Crippen LogP) is 2.64. The fraction of sp³-hybridized carbons (Fsp3) is 0.250. The monoisotopic (exact) mass is 319 g/mol. The molecule has 116 valence electrons. The first kappa shape index (κ1) is 16.1. The highest BCUT2D eigenvalue weighted by Gasteiger charge is 2.18. The maximum Gasteiger partial charge on any atom is 0.257 e. The van der Waals surface area contributed by atoms with Gasteiger partial charge < -0.3 is 15.4 Å². The molecule has 0 atom stereocenters. The topological polar surface area (TPSA) is 68.5 Å². The fourth-order valence-electron chi connectivity index (χ4n) is 2.06. The Bertz CT molecular complexity index is 662. The summed E-state index contributed by atoms with van der Waals surface area (Å²) in [6.07, 6.45) is 4.22. The third-order valence-corrected chi connectivity index (χ3v) is 3.71. The van der Waals surface area contributed by atoms with Gasteiger partial charge in [-0.25, -0.2) is 0 Å². The lowest BCUT2D eigenvalue weighted by molar-refractivity contribution is 0.0793. The first-order valence-electron chi connectivity index (χ1n) is 6.80. The third kappa shape index (κ3) is 3.68. The number of nitrogen functional groups attached to an aromatic ring is 1. The van der Waals surface area contributed by atoms with Gasteiger partial charge in [0.15, 0.2) is 0 Å². The van der Waals surface area contributed by atoms with Crippen molar-refractivity contribution >= 4 is 23.2 Å². The first-order chi connectivity index (χ1) is 10.5. The van der Waals surface area contributed by atoms with Crippen LogP contribution in [0.4, 0.5) is 5.69 Å². The van der Waals surface area contributed by atoms with E-state index >= 15 is 0 Å². The number of carbonyl (C=O) groups is 1. The van der Waals surface area contributed by atoms with Gasteiger partial charge in [-0.1, -0.05) is 11.6 Å². The standard InChI is InChI=1S/C16H18ClN3O2/c1-20(8-5-11-3-6-19-7-4-11)16(21)12-9-13(17)14(18)10-15(12)22-2/h3-4,6-7,9-10H,5,8,18H2,1-2H3. The number of halogens is 1. The van der Waals surface area contributed by atoms with Crippen LogP contribution in [0.1, 0.15) is 15.9 Å². The molecule has 1 aromatic carbocycles. The van der Waals surface area contributed by atoms with Crippen molar-refractivity contribution in [2.24, 2.45) is 0 Å². The van der Waals surface area contributed by atoms with Crippen molar-refractivity contribution in [3.05, 3.63) is 52.8 Å². The SMILES string of the molecule is COc1cc(N)c(Cl)cc1C(=O)N(C)CCc1ccncc1. The van der Waals surface area contributed by atoms with Gasteiger partial charge in [0.05, 0.1) is 23.4 Å². The number of pyridine rings is 1. The molecule has 0 aliphatic rings. The second-order valence-electron chi connectivity index (χ2n) is 4.91. The van der Waals surface area contributed by atoms with E-state index < -0.39 is 0 Å². The molecular weight excluding hydrogens is 302 g/mol. The number of amides is 1. The number of nitrogens with zero attached hydrogens (tertiary/aromatic N) is 2. The van der Waals surface area contributed by atoms with Crippen molar-refractivity contribution in [2.75, 3.05) is 26.4 Å². The molecule has 0 aliphatic carbocycles. The summed E-state index contributed by atoms with van der Waals surface area (Å²) < 4.78 is 5.22. The van der Waals surface area contributed by atoms with E-state index in [9.17, 15) is 4.79 Å². The Kier molecular flexibility index (Phi) is 5.22. The molecule has 0 unspecified atom stereocenters. The third-order valence-electron chi connectivity index (χ3n) is 3.38. The molecule has 1 aromatic heterocycles. The highest BCUT2D eigenvalue weighted by molar-refractivity contribution is 6.33. The summed E-state index contributed by atoms with van der Waals surface area (Å²) in [5, 5.41) is 0.340. The van der Waals surface area contributed by atoms with E-state index in [1.807, 2.05) is 12.1 Å². The van der Waals surface area contributed by atoms with E-state index in [4.69, 9.17) is 22.1 Å². The van der Waals surface area contributed by atoms with Crippen LogP contribution in [0.3, 0.4) is 0 Å². The van der Waals surface area contributed by atoms with Crippen molar-refractivity contribution < 1.29 is 9.53 Å². The molecule has 1 heterocycles. The summed E-state index contributed by atoms with van der Waals surface area (Å²) in [5.74, 6) is 0.260. The predicted molar refractivity (Wildman–Crippen MR) is 87.3 cm³/mol. The van der Waals surface area contributed by atoms with E-state index in [-0.39, 0.29) is 5.91 Å². The van der Waals surface area contributed by atoms with Crippen molar-refractivity contribution in [1.82, 2.24) is 9.88 Å². The molecule has 6 heteroatoms. The molecule has 1 amide bonds. The number of hydrogen-bond acceptors (Lipinski definition) is 4. The Morgan fingerprint density at radius 3 is 2.68 bits per heavy atom. The van der Waals surface area contributed by atoms with Crippen LogP contribution in [0.5, 0.6) is 5.75 Å². The molecule has 2 aromatic rings. The second kappa shape index (κ2) is 7.13. The smallest absolute Gasteiger partial charge is 0.257 e. The van der Waals surface area contributed by atoms with Gasteiger partial charge in [-0.05, 0) is 30.2 Å². The van der Waals surface area contributed by atoms with Gasteiger partial charge in [-0.2, -0.15) is 0 Å². The van der Waals surface area contributed by atoms with E-state index in [1.165, 1.54) is 7.11 Å². The number of anilines is 1. The van der Waals surface area contributed by atoms with Crippen LogP contribution in [0.2, 0.25) is 5.02 Å². The van der Waals surface area contributed by atoms with Gasteiger partial charge in [0.25, 0.3) is 5.91 Å². The van der Waals surface area contributed by atoms with Crippen LogP contribution in [0.25, 0.3) is 0 Å². The van der Waals surface area contributed by atoms with E-state index in [0.29, 0.717) is 28.6 Å². The molecule has 2 rings (SSSR count). The summed E-state index contributed by atoms with van der Waals surface area (Å²) in [5.41, 5.74) is 7.64. The number of likely N-dealkylation sites (N-methyl/N-ethyl adjacent to an activating group) is 1. The summed E-state index contributed by atoms with van der Waals surface area (Å²) in [6.45, 7) is 0.577. The zero-order chi connectivity index (χ0) is 16.1. The Hall–Kier alpha value is -2.27. The molecule has 2 N–H and O–H groups in total. The van der Waals surface area contributed by atoms with Crippen LogP contribution in [0.15, 0.2) is 36.7 Å². The summed E-state index contributed by atoms with van der Waals surface area (Å²) in [7, 11) is 3.24. The molecule has 22 heavy (non-hydrogen) atoms. The van der Waals surface area contributed by atoms with Gasteiger partial charge in [-0.15, -0.1) is 0 Å². The first-order valence-corrected chi connectivity index (χ1v) is 7.18. The van der Waals surface area contributed by atoms with Gasteiger partial charge in [-0.3, -0.25) is 9.78 Å². The van der Waals surface area contributed by atoms with Crippen LogP contribution >= 0.6 is 11.6 Å². The summed E-state index contributed by atoms with van der Waals surface area (Å²) in [4.78, 5) is 18.1. The Morgan fingerprint density at radius 1 is 1.36 bits per heavy atom. The van der Waals surface area contributed by atoms with E-state index in [1.54, 1.807) is 36.5 Å². The zero-order valence-electron chi connectivity index (χ0n) is 12.5. The van der Waals surface area contributed by atoms with Crippen molar-refractivity contribution in [3.8, 4) is 5.75 Å². The Morgan fingerprint density at radius 2 is 2.05 bits per heavy atom. The number of carbonyl (C=O) groups excluding carboxylic acids is 1. The van der Waals surface area contributed by atoms with Gasteiger partial charge in [0, 0.05) is 32.1 Å². The van der Waals surface area contributed by atoms with Gasteiger partial charge >= 0.3 is 0 Å². The molecule has 0 spiro atoms. The Labute approximate surface area is 134 Å². The number of benzene rings is 1. The summed E-state index contributed by atoms with van der Waals surface area (Å²) >= 11 is 6.01.